The van der Waals surface area contributed by atoms with Gasteiger partial charge in [-0.25, -0.2) is 0 Å². The molecule has 3 aromatic rings. The van der Waals surface area contributed by atoms with E-state index in [-0.39, 0.29) is 17.1 Å². The Morgan fingerprint density at radius 1 is 1.04 bits per heavy atom. The van der Waals surface area contributed by atoms with Gasteiger partial charge in [0.2, 0.25) is 0 Å². The molecule has 2 aromatic carbocycles. The topological polar surface area (TPSA) is 136 Å². The van der Waals surface area contributed by atoms with Crippen LogP contribution in [0.2, 0.25) is 0 Å². The molecule has 1 heterocycles. The standard InChI is InChI=1S/C17H13N5O5/c23-15-6-3-12(4-7-15)20-9-1-2-14(20)11-18-19-16-8-5-13(21(24)25)10-17(16)22(26)27/h1-11,19,23H/b18-11-. The highest BCUT2D eigenvalue weighted by Gasteiger charge is 2.19. The van der Waals surface area contributed by atoms with E-state index in [1.54, 1.807) is 47.2 Å². The number of non-ortho nitro benzene ring substituents is 1. The van der Waals surface area contributed by atoms with Crippen LogP contribution in [0.15, 0.2) is 65.9 Å². The maximum absolute atomic E-state index is 11.1. The number of phenols is 1. The minimum atomic E-state index is -0.718. The third kappa shape index (κ3) is 3.90. The van der Waals surface area contributed by atoms with Gasteiger partial charge < -0.3 is 9.67 Å². The number of aromatic hydroxyl groups is 1. The molecule has 0 aliphatic heterocycles. The van der Waals surface area contributed by atoms with Crippen molar-refractivity contribution in [3.8, 4) is 11.4 Å². The number of nitrogens with zero attached hydrogens (tertiary/aromatic N) is 4. The van der Waals surface area contributed by atoms with E-state index in [4.69, 9.17) is 0 Å². The summed E-state index contributed by atoms with van der Waals surface area (Å²) in [6.45, 7) is 0. The van der Waals surface area contributed by atoms with Crippen molar-refractivity contribution >= 4 is 23.3 Å². The van der Waals surface area contributed by atoms with Crippen LogP contribution in [0, 0.1) is 20.2 Å². The Morgan fingerprint density at radius 3 is 2.44 bits per heavy atom. The number of rotatable bonds is 6. The largest absolute Gasteiger partial charge is 0.508 e. The van der Waals surface area contributed by atoms with Crippen LogP contribution in [0.3, 0.4) is 0 Å². The third-order valence-corrected chi connectivity index (χ3v) is 3.68. The van der Waals surface area contributed by atoms with Crippen molar-refractivity contribution in [2.45, 2.75) is 0 Å². The summed E-state index contributed by atoms with van der Waals surface area (Å²) in [5.74, 6) is 0.147. The zero-order chi connectivity index (χ0) is 19.4. The number of aromatic nitrogens is 1. The number of anilines is 1. The van der Waals surface area contributed by atoms with Gasteiger partial charge in [-0.05, 0) is 42.5 Å². The summed E-state index contributed by atoms with van der Waals surface area (Å²) in [5, 5.41) is 35.2. The van der Waals surface area contributed by atoms with Gasteiger partial charge >= 0.3 is 5.69 Å². The van der Waals surface area contributed by atoms with Crippen LogP contribution in [-0.2, 0) is 0 Å². The lowest BCUT2D eigenvalue weighted by Crippen LogP contribution is -2.01. The minimum Gasteiger partial charge on any atom is -0.508 e. The molecule has 10 heteroatoms. The molecule has 0 aliphatic rings. The Balaban J connectivity index is 1.83. The second kappa shape index (κ2) is 7.35. The molecule has 10 nitrogen and oxygen atoms in total. The van der Waals surface area contributed by atoms with Crippen LogP contribution < -0.4 is 5.43 Å². The lowest BCUT2D eigenvalue weighted by Gasteiger charge is -2.06. The summed E-state index contributed by atoms with van der Waals surface area (Å²) in [6, 6.07) is 13.4. The maximum Gasteiger partial charge on any atom is 0.301 e. The van der Waals surface area contributed by atoms with Gasteiger partial charge in [-0.15, -0.1) is 0 Å². The average Bonchev–Trinajstić information content (AvgIpc) is 3.10. The van der Waals surface area contributed by atoms with Crippen molar-refractivity contribution in [1.82, 2.24) is 4.57 Å². The minimum absolute atomic E-state index is 0.0320. The molecule has 0 fully saturated rings. The summed E-state index contributed by atoms with van der Waals surface area (Å²) in [5.41, 5.74) is 3.22. The first-order valence-electron chi connectivity index (χ1n) is 7.64. The zero-order valence-electron chi connectivity index (χ0n) is 13.7. The fourth-order valence-electron chi connectivity index (χ4n) is 2.39. The summed E-state index contributed by atoms with van der Waals surface area (Å²) in [4.78, 5) is 20.5. The predicted molar refractivity (Wildman–Crippen MR) is 98.4 cm³/mol. The number of benzene rings is 2. The van der Waals surface area contributed by atoms with Gasteiger partial charge in [0.15, 0.2) is 0 Å². The van der Waals surface area contributed by atoms with Crippen LogP contribution >= 0.6 is 0 Å². The van der Waals surface area contributed by atoms with Gasteiger partial charge in [0, 0.05) is 18.0 Å². The molecule has 0 atom stereocenters. The fourth-order valence-corrected chi connectivity index (χ4v) is 2.39. The van der Waals surface area contributed by atoms with Gasteiger partial charge in [0.25, 0.3) is 5.69 Å². The van der Waals surface area contributed by atoms with E-state index in [0.717, 1.165) is 17.8 Å². The normalized spacial score (nSPS) is 10.8. The van der Waals surface area contributed by atoms with Crippen LogP contribution in [0.5, 0.6) is 5.75 Å². The molecule has 0 saturated heterocycles. The quantitative estimate of drug-likeness (QED) is 0.389. The van der Waals surface area contributed by atoms with Crippen molar-refractivity contribution < 1.29 is 15.0 Å². The first-order valence-corrected chi connectivity index (χ1v) is 7.64. The van der Waals surface area contributed by atoms with Crippen molar-refractivity contribution in [2.24, 2.45) is 5.10 Å². The fraction of sp³-hybridized carbons (Fsp3) is 0. The molecule has 0 unspecified atom stereocenters. The molecule has 2 N–H and O–H groups in total. The van der Waals surface area contributed by atoms with E-state index in [1.807, 2.05) is 0 Å². The van der Waals surface area contributed by atoms with Gasteiger partial charge in [0.1, 0.15) is 11.4 Å². The third-order valence-electron chi connectivity index (χ3n) is 3.68. The van der Waals surface area contributed by atoms with Crippen LogP contribution in [0.1, 0.15) is 5.69 Å². The molecule has 1 aromatic heterocycles. The highest BCUT2D eigenvalue weighted by Crippen LogP contribution is 2.28. The molecule has 0 radical (unpaired) electrons. The Hall–Kier alpha value is -4.21. The van der Waals surface area contributed by atoms with Gasteiger partial charge in [-0.3, -0.25) is 25.7 Å². The maximum atomic E-state index is 11.1. The second-order valence-electron chi connectivity index (χ2n) is 5.41. The molecule has 27 heavy (non-hydrogen) atoms. The van der Waals surface area contributed by atoms with Gasteiger partial charge in [-0.1, -0.05) is 0 Å². The summed E-state index contributed by atoms with van der Waals surface area (Å²) < 4.78 is 1.80. The Labute approximate surface area is 152 Å². The van der Waals surface area contributed by atoms with Crippen LogP contribution in [0.4, 0.5) is 17.1 Å². The van der Waals surface area contributed by atoms with E-state index in [0.29, 0.717) is 5.69 Å². The SMILES string of the molecule is O=[N+]([O-])c1ccc(N/N=C\c2cccn2-c2ccc(O)cc2)c([N+](=O)[O-])c1. The smallest absolute Gasteiger partial charge is 0.301 e. The molecule has 0 amide bonds. The van der Waals surface area contributed by atoms with E-state index >= 15 is 0 Å². The number of nitro benzene ring substituents is 2. The molecule has 0 spiro atoms. The van der Waals surface area contributed by atoms with Crippen molar-refractivity contribution in [1.29, 1.82) is 0 Å². The molecular formula is C17H13N5O5. The number of nitro groups is 2. The van der Waals surface area contributed by atoms with E-state index in [9.17, 15) is 25.3 Å². The zero-order valence-corrected chi connectivity index (χ0v) is 13.7. The highest BCUT2D eigenvalue weighted by molar-refractivity contribution is 5.80. The van der Waals surface area contributed by atoms with Gasteiger partial charge in [0.05, 0.1) is 27.8 Å². The van der Waals surface area contributed by atoms with E-state index in [1.165, 1.54) is 12.3 Å². The molecule has 0 aliphatic carbocycles. The molecule has 3 rings (SSSR count). The highest BCUT2D eigenvalue weighted by atomic mass is 16.6. The monoisotopic (exact) mass is 367 g/mol. The molecular weight excluding hydrogens is 354 g/mol. The number of hydrazone groups is 1. The first-order chi connectivity index (χ1) is 13.0. The van der Waals surface area contributed by atoms with Crippen LogP contribution in [0.25, 0.3) is 5.69 Å². The van der Waals surface area contributed by atoms with Gasteiger partial charge in [-0.2, -0.15) is 5.10 Å². The predicted octanol–water partition coefficient (Wildman–Crippen LogP) is 3.45. The molecule has 0 bridgehead atoms. The van der Waals surface area contributed by atoms with Crippen molar-refractivity contribution in [3.63, 3.8) is 0 Å². The Bertz CT molecular complexity index is 1030. The summed E-state index contributed by atoms with van der Waals surface area (Å²) in [6.07, 6.45) is 3.25. The number of hydrogen-bond acceptors (Lipinski definition) is 7. The van der Waals surface area contributed by atoms with Crippen molar-refractivity contribution in [2.75, 3.05) is 5.43 Å². The van der Waals surface area contributed by atoms with E-state index < -0.39 is 15.5 Å². The second-order valence-corrected chi connectivity index (χ2v) is 5.41. The summed E-state index contributed by atoms with van der Waals surface area (Å²) in [7, 11) is 0. The number of phenolic OH excluding ortho intramolecular Hbond substituents is 1. The Morgan fingerprint density at radius 2 is 1.78 bits per heavy atom. The van der Waals surface area contributed by atoms with Crippen molar-refractivity contribution in [3.05, 3.63) is 86.7 Å². The number of hydrogen-bond donors (Lipinski definition) is 2. The summed E-state index contributed by atoms with van der Waals surface area (Å²) >= 11 is 0. The Kier molecular flexibility index (Phi) is 4.79. The van der Waals surface area contributed by atoms with E-state index in [2.05, 4.69) is 10.5 Å². The first kappa shape index (κ1) is 17.6. The average molecular weight is 367 g/mol. The lowest BCUT2D eigenvalue weighted by atomic mass is 10.2. The molecule has 136 valence electrons. The lowest BCUT2D eigenvalue weighted by molar-refractivity contribution is -0.393. The van der Waals surface area contributed by atoms with Crippen LogP contribution in [-0.4, -0.2) is 25.7 Å². The number of nitrogens with one attached hydrogen (secondary N) is 1. The molecule has 0 saturated carbocycles.